The average molecular weight is 336 g/mol. The third kappa shape index (κ3) is 3.09. The highest BCUT2D eigenvalue weighted by Gasteiger charge is 2.53. The van der Waals surface area contributed by atoms with Gasteiger partial charge in [-0.25, -0.2) is 8.42 Å². The van der Waals surface area contributed by atoms with Gasteiger partial charge in [0.05, 0.1) is 0 Å². The monoisotopic (exact) mass is 336 g/mol. The summed E-state index contributed by atoms with van der Waals surface area (Å²) in [7, 11) is -3.37. The predicted octanol–water partition coefficient (Wildman–Crippen LogP) is 1.74. The number of amides is 1. The number of nitrogens with zero attached hydrogens (tertiary/aromatic N) is 1. The third-order valence-corrected chi connectivity index (χ3v) is 7.18. The highest BCUT2D eigenvalue weighted by molar-refractivity contribution is 7.93. The molecule has 0 unspecified atom stereocenters. The summed E-state index contributed by atoms with van der Waals surface area (Å²) in [5, 5.41) is 3.01. The van der Waals surface area contributed by atoms with E-state index in [1.54, 1.807) is 0 Å². The number of carbonyl (C=O) groups excluding carboxylic acids is 1. The number of nitrogens with one attached hydrogen (secondary N) is 1. The van der Waals surface area contributed by atoms with Crippen molar-refractivity contribution >= 4 is 21.4 Å². The van der Waals surface area contributed by atoms with E-state index in [9.17, 15) is 13.2 Å². The molecule has 1 aromatic rings. The largest absolute Gasteiger partial charge is 0.369 e. The van der Waals surface area contributed by atoms with Gasteiger partial charge in [-0.1, -0.05) is 18.2 Å². The van der Waals surface area contributed by atoms with E-state index in [1.165, 1.54) is 6.26 Å². The van der Waals surface area contributed by atoms with Crippen LogP contribution in [0.1, 0.15) is 32.1 Å². The van der Waals surface area contributed by atoms with Crippen LogP contribution in [0.5, 0.6) is 0 Å². The van der Waals surface area contributed by atoms with E-state index in [0.29, 0.717) is 12.8 Å². The molecule has 1 atom stereocenters. The Morgan fingerprint density at radius 1 is 1.22 bits per heavy atom. The van der Waals surface area contributed by atoms with Crippen molar-refractivity contribution in [2.24, 2.45) is 0 Å². The van der Waals surface area contributed by atoms with Crippen molar-refractivity contribution in [3.63, 3.8) is 0 Å². The molecule has 0 aromatic heterocycles. The quantitative estimate of drug-likeness (QED) is 0.909. The second-order valence-corrected chi connectivity index (χ2v) is 9.04. The molecule has 1 heterocycles. The number of sulfone groups is 1. The Bertz CT molecular complexity index is 668. The molecule has 5 nitrogen and oxygen atoms in total. The van der Waals surface area contributed by atoms with Gasteiger partial charge >= 0.3 is 0 Å². The Morgan fingerprint density at radius 2 is 1.91 bits per heavy atom. The van der Waals surface area contributed by atoms with Gasteiger partial charge in [0.2, 0.25) is 5.91 Å². The maximum Gasteiger partial charge on any atom is 0.241 e. The summed E-state index contributed by atoms with van der Waals surface area (Å²) in [6, 6.07) is 10.1. The Kier molecular flexibility index (Phi) is 4.36. The molecule has 1 aromatic carbocycles. The van der Waals surface area contributed by atoms with Crippen molar-refractivity contribution in [1.82, 2.24) is 5.32 Å². The van der Waals surface area contributed by atoms with Gasteiger partial charge in [0.15, 0.2) is 9.84 Å². The van der Waals surface area contributed by atoms with Crippen LogP contribution in [0.25, 0.3) is 0 Å². The van der Waals surface area contributed by atoms with Crippen LogP contribution in [0.15, 0.2) is 30.3 Å². The fraction of sp³-hybridized carbons (Fsp3) is 0.588. The Hall–Kier alpha value is -1.56. The number of anilines is 1. The van der Waals surface area contributed by atoms with Crippen LogP contribution in [-0.4, -0.2) is 44.5 Å². The molecule has 23 heavy (non-hydrogen) atoms. The maximum absolute atomic E-state index is 12.6. The van der Waals surface area contributed by atoms with Crippen LogP contribution in [0.2, 0.25) is 0 Å². The number of para-hydroxylation sites is 1. The molecule has 1 aliphatic carbocycles. The standard InChI is InChI=1S/C17H24N2O3S/c1-23(21,22)17(10-6-11-17)16(20)18-14-7-5-12-19(13-14)15-8-3-2-4-9-15/h2-4,8-9,14H,5-7,10-13H2,1H3,(H,18,20)/t14-/m1/s1. The molecule has 0 spiro atoms. The fourth-order valence-electron chi connectivity index (χ4n) is 3.55. The first-order chi connectivity index (χ1) is 10.9. The number of hydrogen-bond acceptors (Lipinski definition) is 4. The third-order valence-electron chi connectivity index (χ3n) is 5.16. The van der Waals surface area contributed by atoms with Crippen LogP contribution in [0, 0.1) is 0 Å². The summed E-state index contributed by atoms with van der Waals surface area (Å²) in [6.45, 7) is 1.70. The first-order valence-corrected chi connectivity index (χ1v) is 10.1. The molecular formula is C17H24N2O3S. The smallest absolute Gasteiger partial charge is 0.241 e. The van der Waals surface area contributed by atoms with Gasteiger partial charge in [0.1, 0.15) is 4.75 Å². The molecule has 1 aliphatic heterocycles. The molecule has 3 rings (SSSR count). The zero-order valence-electron chi connectivity index (χ0n) is 13.5. The van der Waals surface area contributed by atoms with E-state index in [0.717, 1.165) is 38.0 Å². The summed E-state index contributed by atoms with van der Waals surface area (Å²) < 4.78 is 22.9. The van der Waals surface area contributed by atoms with Gasteiger partial charge in [-0.3, -0.25) is 4.79 Å². The molecule has 1 amide bonds. The van der Waals surface area contributed by atoms with Gasteiger partial charge in [0.25, 0.3) is 0 Å². The molecule has 2 fully saturated rings. The Balaban J connectivity index is 1.67. The molecule has 2 aliphatic rings. The summed E-state index contributed by atoms with van der Waals surface area (Å²) in [5.41, 5.74) is 1.15. The maximum atomic E-state index is 12.6. The number of rotatable bonds is 4. The van der Waals surface area contributed by atoms with E-state index in [-0.39, 0.29) is 11.9 Å². The topological polar surface area (TPSA) is 66.5 Å². The van der Waals surface area contributed by atoms with E-state index < -0.39 is 14.6 Å². The highest BCUT2D eigenvalue weighted by atomic mass is 32.2. The predicted molar refractivity (Wildman–Crippen MR) is 91.2 cm³/mol. The van der Waals surface area contributed by atoms with E-state index >= 15 is 0 Å². The first kappa shape index (κ1) is 16.3. The molecule has 0 radical (unpaired) electrons. The minimum Gasteiger partial charge on any atom is -0.369 e. The Labute approximate surface area is 138 Å². The molecular weight excluding hydrogens is 312 g/mol. The van der Waals surface area contributed by atoms with Crippen molar-refractivity contribution < 1.29 is 13.2 Å². The SMILES string of the molecule is CS(=O)(=O)C1(C(=O)N[C@@H]2CCCN(c3ccccc3)C2)CCC1. The van der Waals surface area contributed by atoms with Crippen LogP contribution < -0.4 is 10.2 Å². The molecule has 1 saturated heterocycles. The minimum absolute atomic E-state index is 0.00989. The number of piperidine rings is 1. The summed E-state index contributed by atoms with van der Waals surface area (Å²) >= 11 is 0. The summed E-state index contributed by atoms with van der Waals surface area (Å²) in [4.78, 5) is 14.8. The summed E-state index contributed by atoms with van der Waals surface area (Å²) in [6.07, 6.45) is 4.78. The van der Waals surface area contributed by atoms with Gasteiger partial charge < -0.3 is 10.2 Å². The van der Waals surface area contributed by atoms with Gasteiger partial charge in [-0.2, -0.15) is 0 Å². The number of benzene rings is 1. The normalized spacial score (nSPS) is 23.9. The molecule has 6 heteroatoms. The van der Waals surface area contributed by atoms with Crippen LogP contribution >= 0.6 is 0 Å². The molecule has 126 valence electrons. The molecule has 1 N–H and O–H groups in total. The highest BCUT2D eigenvalue weighted by Crippen LogP contribution is 2.39. The second-order valence-electron chi connectivity index (χ2n) is 6.71. The van der Waals surface area contributed by atoms with Gasteiger partial charge in [-0.05, 0) is 44.2 Å². The van der Waals surface area contributed by atoms with Crippen LogP contribution in [-0.2, 0) is 14.6 Å². The minimum atomic E-state index is -3.37. The second kappa shape index (κ2) is 6.15. The lowest BCUT2D eigenvalue weighted by atomic mass is 9.83. The van der Waals surface area contributed by atoms with Crippen molar-refractivity contribution in [1.29, 1.82) is 0 Å². The zero-order valence-corrected chi connectivity index (χ0v) is 14.3. The van der Waals surface area contributed by atoms with Gasteiger partial charge in [0, 0.05) is 31.1 Å². The zero-order chi connectivity index (χ0) is 16.5. The number of carbonyl (C=O) groups is 1. The first-order valence-electron chi connectivity index (χ1n) is 8.23. The summed E-state index contributed by atoms with van der Waals surface area (Å²) in [5.74, 6) is -0.300. The lowest BCUT2D eigenvalue weighted by Crippen LogP contribution is -2.60. The molecule has 0 bridgehead atoms. The fourth-order valence-corrected chi connectivity index (χ4v) is 4.98. The van der Waals surface area contributed by atoms with Crippen LogP contribution in [0.3, 0.4) is 0 Å². The van der Waals surface area contributed by atoms with E-state index in [2.05, 4.69) is 22.3 Å². The van der Waals surface area contributed by atoms with E-state index in [4.69, 9.17) is 0 Å². The Morgan fingerprint density at radius 3 is 2.48 bits per heavy atom. The lowest BCUT2D eigenvalue weighted by Gasteiger charge is -2.41. The van der Waals surface area contributed by atoms with Crippen LogP contribution in [0.4, 0.5) is 5.69 Å². The van der Waals surface area contributed by atoms with Crippen molar-refractivity contribution in [3.05, 3.63) is 30.3 Å². The van der Waals surface area contributed by atoms with Gasteiger partial charge in [-0.15, -0.1) is 0 Å². The van der Waals surface area contributed by atoms with E-state index in [1.807, 2.05) is 18.2 Å². The van der Waals surface area contributed by atoms with Crippen molar-refractivity contribution in [3.8, 4) is 0 Å². The lowest BCUT2D eigenvalue weighted by molar-refractivity contribution is -0.126. The van der Waals surface area contributed by atoms with Crippen molar-refractivity contribution in [2.45, 2.75) is 42.9 Å². The van der Waals surface area contributed by atoms with Crippen molar-refractivity contribution in [2.75, 3.05) is 24.2 Å². The molecule has 1 saturated carbocycles. The average Bonchev–Trinajstić information content (AvgIpc) is 2.45. The number of hydrogen-bond donors (Lipinski definition) is 1.